The standard InChI is InChI=1S/C22H27N5O2S/c1-15(2)20-25-21(29-26-20)16-7-9-17(10-8-16)24-22(28)23-14-18(19-6-5-13-30-19)27-11-3-4-12-27/h5-10,13,15,18H,3-4,11-12,14H2,1-2H3,(H2,23,24,28). The highest BCUT2D eigenvalue weighted by atomic mass is 32.1. The molecule has 3 heterocycles. The van der Waals surface area contributed by atoms with Crippen LogP contribution in [0.2, 0.25) is 0 Å². The summed E-state index contributed by atoms with van der Waals surface area (Å²) in [5.41, 5.74) is 1.54. The van der Waals surface area contributed by atoms with Crippen LogP contribution >= 0.6 is 11.3 Å². The Morgan fingerprint density at radius 1 is 1.20 bits per heavy atom. The lowest BCUT2D eigenvalue weighted by Crippen LogP contribution is -2.38. The van der Waals surface area contributed by atoms with E-state index in [0.29, 0.717) is 23.9 Å². The van der Waals surface area contributed by atoms with Crippen LogP contribution in [0.3, 0.4) is 0 Å². The van der Waals surface area contributed by atoms with Crippen molar-refractivity contribution in [2.24, 2.45) is 0 Å². The van der Waals surface area contributed by atoms with Gasteiger partial charge in [-0.2, -0.15) is 4.98 Å². The van der Waals surface area contributed by atoms with Gasteiger partial charge in [0.25, 0.3) is 5.89 Å². The molecule has 0 bridgehead atoms. The van der Waals surface area contributed by atoms with Crippen molar-refractivity contribution in [2.75, 3.05) is 25.0 Å². The zero-order chi connectivity index (χ0) is 20.9. The van der Waals surface area contributed by atoms with E-state index in [1.165, 1.54) is 17.7 Å². The molecule has 0 saturated carbocycles. The number of anilines is 1. The normalized spacial score (nSPS) is 15.4. The van der Waals surface area contributed by atoms with Crippen LogP contribution in [-0.2, 0) is 0 Å². The minimum Gasteiger partial charge on any atom is -0.336 e. The Bertz CT molecular complexity index is 946. The van der Waals surface area contributed by atoms with Crippen molar-refractivity contribution in [1.82, 2.24) is 20.4 Å². The molecule has 158 valence electrons. The van der Waals surface area contributed by atoms with Gasteiger partial charge in [-0.3, -0.25) is 4.90 Å². The summed E-state index contributed by atoms with van der Waals surface area (Å²) < 4.78 is 5.32. The summed E-state index contributed by atoms with van der Waals surface area (Å²) in [5, 5.41) is 12.0. The summed E-state index contributed by atoms with van der Waals surface area (Å²) >= 11 is 1.74. The SMILES string of the molecule is CC(C)c1noc(-c2ccc(NC(=O)NCC(c3cccs3)N3CCCC3)cc2)n1. The molecule has 1 atom stereocenters. The number of benzene rings is 1. The smallest absolute Gasteiger partial charge is 0.319 e. The zero-order valence-electron chi connectivity index (χ0n) is 17.3. The third-order valence-corrected chi connectivity index (χ3v) is 6.23. The Balaban J connectivity index is 1.34. The number of hydrogen-bond donors (Lipinski definition) is 2. The van der Waals surface area contributed by atoms with E-state index >= 15 is 0 Å². The lowest BCUT2D eigenvalue weighted by Gasteiger charge is -2.26. The first-order chi connectivity index (χ1) is 14.6. The van der Waals surface area contributed by atoms with Crippen molar-refractivity contribution in [2.45, 2.75) is 38.6 Å². The molecule has 2 aromatic heterocycles. The monoisotopic (exact) mass is 425 g/mol. The second kappa shape index (κ2) is 9.40. The van der Waals surface area contributed by atoms with E-state index in [4.69, 9.17) is 4.52 Å². The van der Waals surface area contributed by atoms with Gasteiger partial charge in [-0.05, 0) is 61.6 Å². The van der Waals surface area contributed by atoms with Crippen LogP contribution in [0.15, 0.2) is 46.3 Å². The highest BCUT2D eigenvalue weighted by Crippen LogP contribution is 2.28. The van der Waals surface area contributed by atoms with Gasteiger partial charge in [-0.25, -0.2) is 4.79 Å². The van der Waals surface area contributed by atoms with Crippen LogP contribution in [0, 0.1) is 0 Å². The quantitative estimate of drug-likeness (QED) is 0.564. The van der Waals surface area contributed by atoms with Crippen LogP contribution in [-0.4, -0.2) is 40.7 Å². The molecule has 1 saturated heterocycles. The van der Waals surface area contributed by atoms with Gasteiger partial charge in [0, 0.05) is 28.6 Å². The van der Waals surface area contributed by atoms with Crippen molar-refractivity contribution >= 4 is 23.1 Å². The van der Waals surface area contributed by atoms with Crippen LogP contribution in [0.25, 0.3) is 11.5 Å². The number of carbonyl (C=O) groups is 1. The second-order valence-electron chi connectivity index (χ2n) is 7.80. The Morgan fingerprint density at radius 2 is 1.97 bits per heavy atom. The third-order valence-electron chi connectivity index (χ3n) is 5.26. The molecule has 1 aromatic carbocycles. The van der Waals surface area contributed by atoms with Crippen LogP contribution in [0.5, 0.6) is 0 Å². The number of amides is 2. The van der Waals surface area contributed by atoms with E-state index in [0.717, 1.165) is 18.7 Å². The molecule has 4 rings (SSSR count). The molecule has 3 aromatic rings. The van der Waals surface area contributed by atoms with Crippen LogP contribution < -0.4 is 10.6 Å². The number of carbonyl (C=O) groups excluding carboxylic acids is 1. The van der Waals surface area contributed by atoms with Crippen molar-refractivity contribution in [3.63, 3.8) is 0 Å². The molecule has 7 nitrogen and oxygen atoms in total. The number of hydrogen-bond acceptors (Lipinski definition) is 6. The van der Waals surface area contributed by atoms with Crippen LogP contribution in [0.4, 0.5) is 10.5 Å². The summed E-state index contributed by atoms with van der Waals surface area (Å²) in [7, 11) is 0. The molecule has 30 heavy (non-hydrogen) atoms. The average molecular weight is 426 g/mol. The topological polar surface area (TPSA) is 83.3 Å². The third kappa shape index (κ3) is 4.88. The van der Waals surface area contributed by atoms with Gasteiger partial charge in [0.1, 0.15) is 0 Å². The molecule has 8 heteroatoms. The predicted molar refractivity (Wildman–Crippen MR) is 119 cm³/mol. The Kier molecular flexibility index (Phi) is 6.44. The maximum Gasteiger partial charge on any atom is 0.319 e. The minimum absolute atomic E-state index is 0.205. The van der Waals surface area contributed by atoms with Crippen molar-refractivity contribution in [1.29, 1.82) is 0 Å². The fraction of sp³-hybridized carbons (Fsp3) is 0.409. The van der Waals surface area contributed by atoms with Gasteiger partial charge in [0.15, 0.2) is 5.82 Å². The van der Waals surface area contributed by atoms with Gasteiger partial charge in [-0.15, -0.1) is 11.3 Å². The largest absolute Gasteiger partial charge is 0.336 e. The predicted octanol–water partition coefficient (Wildman–Crippen LogP) is 4.88. The summed E-state index contributed by atoms with van der Waals surface area (Å²) in [6.45, 7) is 6.80. The lowest BCUT2D eigenvalue weighted by molar-refractivity contribution is 0.229. The number of urea groups is 1. The number of thiophene rings is 1. The fourth-order valence-corrected chi connectivity index (χ4v) is 4.45. The van der Waals surface area contributed by atoms with Gasteiger partial charge < -0.3 is 15.2 Å². The molecule has 2 amide bonds. The first-order valence-electron chi connectivity index (χ1n) is 10.4. The Hall–Kier alpha value is -2.71. The van der Waals surface area contributed by atoms with Crippen molar-refractivity contribution in [3.05, 3.63) is 52.5 Å². The number of likely N-dealkylation sites (tertiary alicyclic amines) is 1. The first-order valence-corrected chi connectivity index (χ1v) is 11.2. The highest BCUT2D eigenvalue weighted by molar-refractivity contribution is 7.10. The average Bonchev–Trinajstić information content (AvgIpc) is 3.51. The van der Waals surface area contributed by atoms with Crippen molar-refractivity contribution in [3.8, 4) is 11.5 Å². The minimum atomic E-state index is -0.205. The van der Waals surface area contributed by atoms with E-state index < -0.39 is 0 Å². The molecule has 2 N–H and O–H groups in total. The molecule has 1 fully saturated rings. The molecule has 0 aliphatic carbocycles. The van der Waals surface area contributed by atoms with E-state index in [1.807, 2.05) is 38.1 Å². The first kappa shape index (κ1) is 20.6. The van der Waals surface area contributed by atoms with E-state index in [2.05, 4.69) is 43.2 Å². The summed E-state index contributed by atoms with van der Waals surface area (Å²) in [6.07, 6.45) is 2.44. The van der Waals surface area contributed by atoms with E-state index in [9.17, 15) is 4.79 Å². The zero-order valence-corrected chi connectivity index (χ0v) is 18.1. The molecule has 0 spiro atoms. The molecule has 1 aliphatic heterocycles. The summed E-state index contributed by atoms with van der Waals surface area (Å²) in [5.74, 6) is 1.38. The maximum absolute atomic E-state index is 12.5. The second-order valence-corrected chi connectivity index (χ2v) is 8.78. The molecular weight excluding hydrogens is 398 g/mol. The number of nitrogens with zero attached hydrogens (tertiary/aromatic N) is 3. The Morgan fingerprint density at radius 3 is 2.60 bits per heavy atom. The number of aromatic nitrogens is 2. The lowest BCUT2D eigenvalue weighted by atomic mass is 10.2. The molecule has 1 unspecified atom stereocenters. The highest BCUT2D eigenvalue weighted by Gasteiger charge is 2.24. The fourth-order valence-electron chi connectivity index (χ4n) is 3.59. The van der Waals surface area contributed by atoms with Crippen LogP contribution in [0.1, 0.15) is 49.4 Å². The maximum atomic E-state index is 12.5. The van der Waals surface area contributed by atoms with E-state index in [1.54, 1.807) is 11.3 Å². The molecule has 1 aliphatic rings. The molecular formula is C22H27N5O2S. The number of nitrogens with one attached hydrogen (secondary N) is 2. The summed E-state index contributed by atoms with van der Waals surface area (Å²) in [4.78, 5) is 20.6. The van der Waals surface area contributed by atoms with E-state index in [-0.39, 0.29) is 18.0 Å². The van der Waals surface area contributed by atoms with Gasteiger partial charge in [0.2, 0.25) is 0 Å². The van der Waals surface area contributed by atoms with Gasteiger partial charge >= 0.3 is 6.03 Å². The van der Waals surface area contributed by atoms with Gasteiger partial charge in [-0.1, -0.05) is 25.1 Å². The Labute approximate surface area is 180 Å². The van der Waals surface area contributed by atoms with Gasteiger partial charge in [0.05, 0.1) is 6.04 Å². The summed E-state index contributed by atoms with van der Waals surface area (Å²) in [6, 6.07) is 11.7. The number of rotatable bonds is 7. The van der Waals surface area contributed by atoms with Crippen molar-refractivity contribution < 1.29 is 9.32 Å². The molecule has 0 radical (unpaired) electrons.